The Morgan fingerprint density at radius 1 is 0.944 bits per heavy atom. The van der Waals surface area contributed by atoms with Gasteiger partial charge in [-0.1, -0.05) is 18.2 Å². The van der Waals surface area contributed by atoms with Crippen LogP contribution >= 0.6 is 11.6 Å². The largest absolute Gasteiger partial charge is 0.493 e. The van der Waals surface area contributed by atoms with Crippen molar-refractivity contribution in [3.05, 3.63) is 81.0 Å². The fraction of sp³-hybridized carbons (Fsp3) is 0.286. The van der Waals surface area contributed by atoms with Gasteiger partial charge < -0.3 is 24.3 Å². The van der Waals surface area contributed by atoms with E-state index in [-0.39, 0.29) is 17.1 Å². The van der Waals surface area contributed by atoms with Crippen LogP contribution in [0.15, 0.2) is 53.3 Å². The van der Waals surface area contributed by atoms with Gasteiger partial charge in [0.15, 0.2) is 17.2 Å². The van der Waals surface area contributed by atoms with Crippen molar-refractivity contribution < 1.29 is 23.7 Å². The van der Waals surface area contributed by atoms with Crippen molar-refractivity contribution in [1.29, 1.82) is 0 Å². The van der Waals surface area contributed by atoms with Crippen molar-refractivity contribution in [2.75, 3.05) is 28.4 Å². The quantitative estimate of drug-likeness (QED) is 0.456. The van der Waals surface area contributed by atoms with Crippen molar-refractivity contribution in [3.63, 3.8) is 0 Å². The Morgan fingerprint density at radius 3 is 2.36 bits per heavy atom. The zero-order valence-corrected chi connectivity index (χ0v) is 21.4. The van der Waals surface area contributed by atoms with Crippen LogP contribution in [-0.4, -0.2) is 34.3 Å². The second-order valence-corrected chi connectivity index (χ2v) is 8.62. The van der Waals surface area contributed by atoms with Crippen LogP contribution in [0, 0.1) is 0 Å². The first-order valence-corrected chi connectivity index (χ1v) is 12.0. The number of aryl methyl sites for hydroxylation is 1. The summed E-state index contributed by atoms with van der Waals surface area (Å²) in [5.41, 5.74) is 4.19. The molecule has 8 heteroatoms. The molecule has 0 saturated carbocycles. The summed E-state index contributed by atoms with van der Waals surface area (Å²) in [7, 11) is 6.13. The van der Waals surface area contributed by atoms with E-state index in [9.17, 15) is 9.59 Å². The Labute approximate surface area is 214 Å². The zero-order chi connectivity index (χ0) is 25.8. The van der Waals surface area contributed by atoms with Crippen LogP contribution in [0.1, 0.15) is 39.5 Å². The van der Waals surface area contributed by atoms with Gasteiger partial charge in [-0.3, -0.25) is 9.59 Å². The first-order valence-electron chi connectivity index (χ1n) is 11.5. The highest BCUT2D eigenvalue weighted by Gasteiger charge is 2.30. The molecule has 0 heterocycles. The molecule has 0 fully saturated rings. The first kappa shape index (κ1) is 25.4. The molecule has 0 aromatic heterocycles. The van der Waals surface area contributed by atoms with E-state index in [1.54, 1.807) is 45.6 Å². The lowest BCUT2D eigenvalue weighted by atomic mass is 9.95. The van der Waals surface area contributed by atoms with E-state index in [0.717, 1.165) is 22.3 Å². The third-order valence-electron chi connectivity index (χ3n) is 6.37. The molecule has 1 aliphatic carbocycles. The van der Waals surface area contributed by atoms with Crippen LogP contribution < -0.4 is 29.7 Å². The van der Waals surface area contributed by atoms with Crippen LogP contribution in [-0.2, 0) is 12.3 Å². The molecule has 188 valence electrons. The van der Waals surface area contributed by atoms with E-state index >= 15 is 0 Å². The predicted molar refractivity (Wildman–Crippen MR) is 139 cm³/mol. The van der Waals surface area contributed by atoms with E-state index in [1.165, 1.54) is 13.2 Å². The van der Waals surface area contributed by atoms with E-state index in [4.69, 9.17) is 30.5 Å². The number of rotatable bonds is 7. The zero-order valence-electron chi connectivity index (χ0n) is 20.6. The number of hydrogen-bond acceptors (Lipinski definition) is 6. The molecule has 0 radical (unpaired) electrons. The number of halogens is 1. The van der Waals surface area contributed by atoms with Crippen LogP contribution in [0.25, 0.3) is 11.1 Å². The minimum absolute atomic E-state index is 0.198. The average Bonchev–Trinajstić information content (AvgIpc) is 3.15. The van der Waals surface area contributed by atoms with Crippen LogP contribution in [0.3, 0.4) is 0 Å². The Bertz CT molecular complexity index is 1360. The minimum Gasteiger partial charge on any atom is -0.493 e. The molecule has 4 rings (SSSR count). The Balaban J connectivity index is 1.91. The summed E-state index contributed by atoms with van der Waals surface area (Å²) < 4.78 is 22.3. The number of amides is 1. The summed E-state index contributed by atoms with van der Waals surface area (Å²) in [6, 6.07) is 13.6. The Kier molecular flexibility index (Phi) is 7.70. The van der Waals surface area contributed by atoms with E-state index in [2.05, 4.69) is 5.32 Å². The number of benzene rings is 2. The molecule has 0 saturated heterocycles. The second-order valence-electron chi connectivity index (χ2n) is 8.36. The van der Waals surface area contributed by atoms with Gasteiger partial charge in [-0.2, -0.15) is 0 Å². The molecule has 0 spiro atoms. The van der Waals surface area contributed by atoms with Crippen molar-refractivity contribution in [2.24, 2.45) is 0 Å². The van der Waals surface area contributed by atoms with E-state index in [0.29, 0.717) is 47.1 Å². The summed E-state index contributed by atoms with van der Waals surface area (Å²) in [4.78, 5) is 26.2. The number of hydrogen-bond donors (Lipinski definition) is 1. The monoisotopic (exact) mass is 509 g/mol. The molecule has 1 N–H and O–H groups in total. The van der Waals surface area contributed by atoms with Crippen molar-refractivity contribution in [2.45, 2.75) is 24.8 Å². The molecule has 7 nitrogen and oxygen atoms in total. The van der Waals surface area contributed by atoms with Crippen LogP contribution in [0.4, 0.5) is 0 Å². The SMILES string of the molecule is COc1cc2c(c(OC)c1OC)-c1ccc(OC)c(=O)cc1[C@@H](NC(=O)c1cccc(CCl)c1)CC2. The summed E-state index contributed by atoms with van der Waals surface area (Å²) in [6.45, 7) is 0. The van der Waals surface area contributed by atoms with Gasteiger partial charge in [0.1, 0.15) is 0 Å². The van der Waals surface area contributed by atoms with Gasteiger partial charge >= 0.3 is 0 Å². The summed E-state index contributed by atoms with van der Waals surface area (Å²) in [5.74, 6) is 1.73. The highest BCUT2D eigenvalue weighted by Crippen LogP contribution is 2.50. The maximum Gasteiger partial charge on any atom is 0.251 e. The number of nitrogens with one attached hydrogen (secondary N) is 1. The lowest BCUT2D eigenvalue weighted by Crippen LogP contribution is -2.29. The molecule has 0 bridgehead atoms. The molecular formula is C28H28ClNO6. The molecule has 1 aliphatic rings. The maximum atomic E-state index is 13.3. The van der Waals surface area contributed by atoms with Gasteiger partial charge in [0, 0.05) is 17.0 Å². The van der Waals surface area contributed by atoms with Gasteiger partial charge in [0.25, 0.3) is 5.91 Å². The molecular weight excluding hydrogens is 482 g/mol. The fourth-order valence-corrected chi connectivity index (χ4v) is 4.82. The second kappa shape index (κ2) is 10.9. The van der Waals surface area contributed by atoms with Gasteiger partial charge in [-0.25, -0.2) is 0 Å². The van der Waals surface area contributed by atoms with E-state index in [1.807, 2.05) is 18.2 Å². The highest BCUT2D eigenvalue weighted by atomic mass is 35.5. The van der Waals surface area contributed by atoms with Crippen molar-refractivity contribution in [3.8, 4) is 34.1 Å². The highest BCUT2D eigenvalue weighted by molar-refractivity contribution is 6.17. The van der Waals surface area contributed by atoms with Gasteiger partial charge in [0.05, 0.1) is 34.5 Å². The Morgan fingerprint density at radius 2 is 1.69 bits per heavy atom. The van der Waals surface area contributed by atoms with Gasteiger partial charge in [0.2, 0.25) is 11.2 Å². The average molecular weight is 510 g/mol. The standard InChI is InChI=1S/C28H28ClNO6/c1-33-23-11-9-19-20(14-22(23)31)21(30-28(32)18-7-5-6-16(12-18)15-29)10-8-17-13-24(34-2)26(35-3)27(36-4)25(17)19/h5-7,9,11-14,21H,8,10,15H2,1-4H3,(H,30,32)/t21-/m0/s1. The summed E-state index contributed by atoms with van der Waals surface area (Å²) >= 11 is 5.96. The third-order valence-corrected chi connectivity index (χ3v) is 6.68. The summed E-state index contributed by atoms with van der Waals surface area (Å²) in [6.07, 6.45) is 1.15. The summed E-state index contributed by atoms with van der Waals surface area (Å²) in [5, 5.41) is 3.13. The van der Waals surface area contributed by atoms with Crippen LogP contribution in [0.5, 0.6) is 23.0 Å². The third kappa shape index (κ3) is 4.71. The molecule has 0 aliphatic heterocycles. The van der Waals surface area contributed by atoms with E-state index < -0.39 is 6.04 Å². The van der Waals surface area contributed by atoms with Crippen molar-refractivity contribution >= 4 is 17.5 Å². The molecule has 3 aromatic rings. The number of carbonyl (C=O) groups excluding carboxylic acids is 1. The van der Waals surface area contributed by atoms with Crippen LogP contribution in [0.2, 0.25) is 0 Å². The normalized spacial score (nSPS) is 14.1. The molecule has 1 amide bonds. The smallest absolute Gasteiger partial charge is 0.251 e. The number of alkyl halides is 1. The topological polar surface area (TPSA) is 83.1 Å². The number of fused-ring (bicyclic) bond motifs is 3. The first-order chi connectivity index (χ1) is 17.4. The predicted octanol–water partition coefficient (Wildman–Crippen LogP) is 4.90. The van der Waals surface area contributed by atoms with Gasteiger partial charge in [-0.05, 0) is 65.4 Å². The number of carbonyl (C=O) groups is 1. The fourth-order valence-electron chi connectivity index (χ4n) is 4.65. The molecule has 0 unspecified atom stereocenters. The number of methoxy groups -OCH3 is 4. The Hall–Kier alpha value is -3.71. The maximum absolute atomic E-state index is 13.3. The minimum atomic E-state index is -0.453. The molecule has 36 heavy (non-hydrogen) atoms. The lowest BCUT2D eigenvalue weighted by Gasteiger charge is -2.20. The number of ether oxygens (including phenoxy) is 4. The van der Waals surface area contributed by atoms with Gasteiger partial charge in [-0.15, -0.1) is 11.6 Å². The molecule has 3 aromatic carbocycles. The molecule has 1 atom stereocenters. The van der Waals surface area contributed by atoms with Crippen molar-refractivity contribution in [1.82, 2.24) is 5.32 Å². The lowest BCUT2D eigenvalue weighted by molar-refractivity contribution is 0.0935.